The molecule has 1 aromatic heterocycles. The highest BCUT2D eigenvalue weighted by Crippen LogP contribution is 2.38. The van der Waals surface area contributed by atoms with E-state index in [1.807, 2.05) is 0 Å². The monoisotopic (exact) mass is 302 g/mol. The Kier molecular flexibility index (Phi) is 3.11. The van der Waals surface area contributed by atoms with Crippen LogP contribution >= 0.6 is 27.3 Å². The van der Waals surface area contributed by atoms with E-state index in [-0.39, 0.29) is 5.82 Å². The lowest BCUT2D eigenvalue weighted by atomic mass is 10.2. The van der Waals surface area contributed by atoms with Crippen molar-refractivity contribution in [3.63, 3.8) is 0 Å². The number of nitrogens with zero attached hydrogens (tertiary/aromatic N) is 1. The van der Waals surface area contributed by atoms with E-state index < -0.39 is 0 Å². The van der Waals surface area contributed by atoms with Gasteiger partial charge in [-0.1, -0.05) is 0 Å². The molecule has 0 amide bonds. The minimum absolute atomic E-state index is 0.333. The fraction of sp³-hybridized carbons (Fsp3) is 0.100. The number of anilines is 1. The first kappa shape index (κ1) is 11.3. The molecule has 0 saturated heterocycles. The Bertz CT molecular complexity index is 510. The maximum atomic E-state index is 13.2. The fourth-order valence-electron chi connectivity index (χ4n) is 1.28. The molecule has 16 heavy (non-hydrogen) atoms. The largest absolute Gasteiger partial charge is 0.496 e. The zero-order valence-corrected chi connectivity index (χ0v) is 10.7. The molecule has 0 atom stereocenters. The molecule has 84 valence electrons. The normalized spacial score (nSPS) is 10.4. The Morgan fingerprint density at radius 3 is 2.81 bits per heavy atom. The third kappa shape index (κ3) is 2.03. The van der Waals surface area contributed by atoms with E-state index in [1.54, 1.807) is 6.07 Å². The summed E-state index contributed by atoms with van der Waals surface area (Å²) in [5, 5.41) is 0.626. The van der Waals surface area contributed by atoms with Gasteiger partial charge in [0.25, 0.3) is 0 Å². The van der Waals surface area contributed by atoms with Crippen molar-refractivity contribution in [3.05, 3.63) is 27.8 Å². The molecular weight excluding hydrogens is 295 g/mol. The quantitative estimate of drug-likeness (QED) is 0.926. The molecule has 1 heterocycles. The summed E-state index contributed by atoms with van der Waals surface area (Å²) in [4.78, 5) is 4.13. The smallest absolute Gasteiger partial charge is 0.149 e. The van der Waals surface area contributed by atoms with Gasteiger partial charge in [-0.05, 0) is 34.1 Å². The average Bonchev–Trinajstić information content (AvgIpc) is 2.59. The summed E-state index contributed by atoms with van der Waals surface area (Å²) in [6.45, 7) is 0. The van der Waals surface area contributed by atoms with Crippen LogP contribution in [0, 0.1) is 5.82 Å². The lowest BCUT2D eigenvalue weighted by molar-refractivity contribution is 0.415. The van der Waals surface area contributed by atoms with Gasteiger partial charge in [0, 0.05) is 0 Å². The Labute approximate surface area is 104 Å². The van der Waals surface area contributed by atoms with Crippen LogP contribution in [0.1, 0.15) is 0 Å². The molecule has 0 fully saturated rings. The molecule has 0 saturated carbocycles. The Morgan fingerprint density at radius 1 is 1.50 bits per heavy atom. The van der Waals surface area contributed by atoms with Crippen LogP contribution < -0.4 is 10.5 Å². The Morgan fingerprint density at radius 2 is 2.25 bits per heavy atom. The second-order valence-corrected chi connectivity index (χ2v) is 5.34. The number of hydrogen-bond acceptors (Lipinski definition) is 4. The predicted octanol–water partition coefficient (Wildman–Crippen LogP) is 3.30. The molecule has 0 aliphatic heterocycles. The van der Waals surface area contributed by atoms with Gasteiger partial charge in [0.05, 0.1) is 12.7 Å². The second kappa shape index (κ2) is 4.39. The highest BCUT2D eigenvalue weighted by atomic mass is 79.9. The molecule has 1 aromatic carbocycles. The van der Waals surface area contributed by atoms with Crippen LogP contribution in [0.2, 0.25) is 0 Å². The molecule has 0 aliphatic carbocycles. The number of nitrogens with two attached hydrogens (primary N) is 1. The maximum Gasteiger partial charge on any atom is 0.149 e. The van der Waals surface area contributed by atoms with Gasteiger partial charge in [-0.2, -0.15) is 0 Å². The highest BCUT2D eigenvalue weighted by Gasteiger charge is 2.13. The first-order valence-electron chi connectivity index (χ1n) is 4.37. The van der Waals surface area contributed by atoms with Gasteiger partial charge in [-0.3, -0.25) is 0 Å². The van der Waals surface area contributed by atoms with Crippen LogP contribution in [0.4, 0.5) is 10.2 Å². The van der Waals surface area contributed by atoms with Crippen molar-refractivity contribution in [2.24, 2.45) is 0 Å². The van der Waals surface area contributed by atoms with E-state index in [2.05, 4.69) is 20.9 Å². The molecular formula is C10H8BrFN2OS. The third-order valence-electron chi connectivity index (χ3n) is 2.00. The first-order chi connectivity index (χ1) is 7.61. The van der Waals surface area contributed by atoms with Crippen molar-refractivity contribution in [3.8, 4) is 16.3 Å². The summed E-state index contributed by atoms with van der Waals surface area (Å²) < 4.78 is 19.0. The van der Waals surface area contributed by atoms with Crippen LogP contribution in [0.15, 0.2) is 22.0 Å². The third-order valence-corrected chi connectivity index (χ3v) is 3.79. The van der Waals surface area contributed by atoms with E-state index >= 15 is 0 Å². The second-order valence-electron chi connectivity index (χ2n) is 3.02. The molecule has 2 N–H and O–H groups in total. The van der Waals surface area contributed by atoms with Crippen molar-refractivity contribution in [1.29, 1.82) is 0 Å². The lowest BCUT2D eigenvalue weighted by Gasteiger charge is -2.05. The van der Waals surface area contributed by atoms with Crippen molar-refractivity contribution < 1.29 is 9.13 Å². The molecule has 2 aromatic rings. The van der Waals surface area contributed by atoms with Crippen molar-refractivity contribution >= 4 is 33.1 Å². The van der Waals surface area contributed by atoms with Crippen LogP contribution in [0.5, 0.6) is 5.75 Å². The number of methoxy groups -OCH3 is 1. The summed E-state index contributed by atoms with van der Waals surface area (Å²) in [6.07, 6.45) is 0. The van der Waals surface area contributed by atoms with Crippen molar-refractivity contribution in [1.82, 2.24) is 4.98 Å². The highest BCUT2D eigenvalue weighted by molar-refractivity contribution is 9.11. The summed E-state index contributed by atoms with van der Waals surface area (Å²) in [5.74, 6) is 0.634. The summed E-state index contributed by atoms with van der Waals surface area (Å²) in [5.41, 5.74) is 6.23. The zero-order valence-electron chi connectivity index (χ0n) is 8.33. The van der Waals surface area contributed by atoms with E-state index in [0.29, 0.717) is 22.1 Å². The van der Waals surface area contributed by atoms with Gasteiger partial charge >= 0.3 is 0 Å². The topological polar surface area (TPSA) is 48.1 Å². The summed E-state index contributed by atoms with van der Waals surface area (Å²) >= 11 is 4.61. The number of ether oxygens (including phenoxy) is 1. The number of benzene rings is 1. The van der Waals surface area contributed by atoms with Gasteiger partial charge < -0.3 is 10.5 Å². The standard InChI is InChI=1S/C10H8BrFN2OS/c1-15-7-3-2-5(12)4-6(7)10-14-9(13)8(11)16-10/h2-4H,13H2,1H3. The minimum Gasteiger partial charge on any atom is -0.496 e. The van der Waals surface area contributed by atoms with Crippen LogP contribution in [-0.4, -0.2) is 12.1 Å². The van der Waals surface area contributed by atoms with E-state index in [1.165, 1.54) is 30.6 Å². The Balaban J connectivity index is 2.57. The summed E-state index contributed by atoms with van der Waals surface area (Å²) in [7, 11) is 1.53. The molecule has 6 heteroatoms. The van der Waals surface area contributed by atoms with Gasteiger partial charge in [-0.25, -0.2) is 9.37 Å². The predicted molar refractivity (Wildman–Crippen MR) is 66.2 cm³/mol. The molecule has 2 rings (SSSR count). The molecule has 0 radical (unpaired) electrons. The molecule has 3 nitrogen and oxygen atoms in total. The van der Waals surface area contributed by atoms with E-state index in [0.717, 1.165) is 3.79 Å². The number of halogens is 2. The summed E-state index contributed by atoms with van der Waals surface area (Å²) in [6, 6.07) is 4.29. The SMILES string of the molecule is COc1ccc(F)cc1-c1nc(N)c(Br)s1. The fourth-order valence-corrected chi connectivity index (χ4v) is 2.56. The molecule has 0 bridgehead atoms. The van der Waals surface area contributed by atoms with Crippen LogP contribution in [-0.2, 0) is 0 Å². The number of hydrogen-bond donors (Lipinski definition) is 1. The number of rotatable bonds is 2. The number of nitrogen functional groups attached to an aromatic ring is 1. The molecule has 0 spiro atoms. The van der Waals surface area contributed by atoms with Crippen LogP contribution in [0.3, 0.4) is 0 Å². The van der Waals surface area contributed by atoms with Gasteiger partial charge in [0.15, 0.2) is 0 Å². The first-order valence-corrected chi connectivity index (χ1v) is 5.98. The van der Waals surface area contributed by atoms with Crippen molar-refractivity contribution in [2.75, 3.05) is 12.8 Å². The van der Waals surface area contributed by atoms with Crippen molar-refractivity contribution in [2.45, 2.75) is 0 Å². The van der Waals surface area contributed by atoms with Crippen LogP contribution in [0.25, 0.3) is 10.6 Å². The minimum atomic E-state index is -0.333. The Hall–Kier alpha value is -1.14. The molecule has 0 aliphatic rings. The average molecular weight is 303 g/mol. The number of thiazole rings is 1. The van der Waals surface area contributed by atoms with Gasteiger partial charge in [0.1, 0.15) is 26.2 Å². The maximum absolute atomic E-state index is 13.2. The zero-order chi connectivity index (χ0) is 11.7. The lowest BCUT2D eigenvalue weighted by Crippen LogP contribution is -1.90. The molecule has 0 unspecified atom stereocenters. The van der Waals surface area contributed by atoms with E-state index in [4.69, 9.17) is 10.5 Å². The van der Waals surface area contributed by atoms with Gasteiger partial charge in [0.2, 0.25) is 0 Å². The van der Waals surface area contributed by atoms with E-state index in [9.17, 15) is 4.39 Å². The van der Waals surface area contributed by atoms with Gasteiger partial charge in [-0.15, -0.1) is 11.3 Å². The number of aromatic nitrogens is 1.